The highest BCUT2D eigenvalue weighted by molar-refractivity contribution is 7.13. The van der Waals surface area contributed by atoms with E-state index in [1.807, 2.05) is 35.4 Å². The summed E-state index contributed by atoms with van der Waals surface area (Å²) in [7, 11) is 0. The maximum absolute atomic E-state index is 12.8. The monoisotopic (exact) mass is 404 g/mol. The van der Waals surface area contributed by atoms with E-state index in [1.165, 1.54) is 5.56 Å². The molecule has 29 heavy (non-hydrogen) atoms. The third-order valence-corrected chi connectivity index (χ3v) is 6.26. The van der Waals surface area contributed by atoms with E-state index in [0.717, 1.165) is 32.7 Å². The topological polar surface area (TPSA) is 71.1 Å². The summed E-state index contributed by atoms with van der Waals surface area (Å²) in [6, 6.07) is 11.9. The quantitative estimate of drug-likeness (QED) is 0.557. The maximum atomic E-state index is 12.8. The van der Waals surface area contributed by atoms with Crippen LogP contribution in [0.15, 0.2) is 48.0 Å². The van der Waals surface area contributed by atoms with Crippen molar-refractivity contribution in [2.24, 2.45) is 0 Å². The van der Waals surface area contributed by atoms with Gasteiger partial charge in [0.05, 0.1) is 18.1 Å². The fourth-order valence-electron chi connectivity index (χ4n) is 3.63. The number of thiophene rings is 1. The Hall–Kier alpha value is -3.03. The molecule has 1 N–H and O–H groups in total. The minimum Gasteiger partial charge on any atom is -0.378 e. The minimum absolute atomic E-state index is 0.0439. The van der Waals surface area contributed by atoms with Crippen LogP contribution < -0.4 is 0 Å². The molecule has 0 radical (unpaired) electrons. The van der Waals surface area contributed by atoms with Crippen LogP contribution in [-0.4, -0.2) is 52.3 Å². The number of H-pyrrole nitrogens is 1. The fraction of sp³-hybridized carbons (Fsp3) is 0.227. The first kappa shape index (κ1) is 18.0. The van der Waals surface area contributed by atoms with Gasteiger partial charge < -0.3 is 9.64 Å². The first-order valence-corrected chi connectivity index (χ1v) is 10.4. The van der Waals surface area contributed by atoms with Gasteiger partial charge in [-0.1, -0.05) is 12.1 Å². The van der Waals surface area contributed by atoms with Gasteiger partial charge in [-0.25, -0.2) is 4.98 Å². The van der Waals surface area contributed by atoms with Gasteiger partial charge in [0.1, 0.15) is 5.69 Å². The Bertz CT molecular complexity index is 1190. The number of nitrogens with zero attached hydrogens (tertiary/aromatic N) is 3. The zero-order valence-corrected chi connectivity index (χ0v) is 16.8. The number of benzene rings is 1. The molecule has 0 atom stereocenters. The molecular formula is C22H20N4O2S. The number of fused-ring (bicyclic) bond motifs is 1. The summed E-state index contributed by atoms with van der Waals surface area (Å²) >= 11 is 1.68. The number of ether oxygens (including phenoxy) is 1. The van der Waals surface area contributed by atoms with E-state index in [-0.39, 0.29) is 5.91 Å². The van der Waals surface area contributed by atoms with Crippen molar-refractivity contribution in [1.82, 2.24) is 20.1 Å². The number of rotatable bonds is 3. The Morgan fingerprint density at radius 2 is 2.03 bits per heavy atom. The number of morpholine rings is 1. The second-order valence-corrected chi connectivity index (χ2v) is 8.03. The maximum Gasteiger partial charge on any atom is 0.254 e. The van der Waals surface area contributed by atoms with Crippen molar-refractivity contribution in [3.63, 3.8) is 0 Å². The molecule has 1 aromatic carbocycles. The molecule has 7 heteroatoms. The highest BCUT2D eigenvalue weighted by Gasteiger charge is 2.19. The summed E-state index contributed by atoms with van der Waals surface area (Å²) in [4.78, 5) is 20.4. The van der Waals surface area contributed by atoms with Gasteiger partial charge >= 0.3 is 0 Å². The van der Waals surface area contributed by atoms with Crippen molar-refractivity contribution >= 4 is 28.3 Å². The summed E-state index contributed by atoms with van der Waals surface area (Å²) < 4.78 is 5.35. The van der Waals surface area contributed by atoms with E-state index in [1.54, 1.807) is 11.3 Å². The number of carbonyl (C=O) groups excluding carboxylic acids is 1. The fourth-order valence-corrected chi connectivity index (χ4v) is 4.56. The van der Waals surface area contributed by atoms with Gasteiger partial charge in [-0.2, -0.15) is 5.10 Å². The highest BCUT2D eigenvalue weighted by atomic mass is 32.1. The number of carbonyl (C=O) groups is 1. The van der Waals surface area contributed by atoms with Crippen molar-refractivity contribution in [3.05, 3.63) is 59.1 Å². The molecule has 0 unspecified atom stereocenters. The summed E-state index contributed by atoms with van der Waals surface area (Å²) in [6.45, 7) is 4.55. The van der Waals surface area contributed by atoms with Crippen molar-refractivity contribution in [1.29, 1.82) is 0 Å². The normalized spacial score (nSPS) is 14.4. The van der Waals surface area contributed by atoms with Gasteiger partial charge in [0.2, 0.25) is 0 Å². The Morgan fingerprint density at radius 3 is 2.83 bits per heavy atom. The van der Waals surface area contributed by atoms with E-state index in [2.05, 4.69) is 39.6 Å². The molecule has 1 amide bonds. The minimum atomic E-state index is 0.0439. The number of hydrogen-bond donors (Lipinski definition) is 1. The smallest absolute Gasteiger partial charge is 0.254 e. The predicted octanol–water partition coefficient (Wildman–Crippen LogP) is 4.13. The lowest BCUT2D eigenvalue weighted by Gasteiger charge is -2.27. The first-order valence-electron chi connectivity index (χ1n) is 9.57. The number of nitrogens with one attached hydrogen (secondary N) is 1. The first-order chi connectivity index (χ1) is 14.2. The van der Waals surface area contributed by atoms with Gasteiger partial charge in [-0.15, -0.1) is 11.3 Å². The van der Waals surface area contributed by atoms with Crippen molar-refractivity contribution in [2.75, 3.05) is 26.3 Å². The molecule has 0 spiro atoms. The molecule has 4 heterocycles. The lowest BCUT2D eigenvalue weighted by Crippen LogP contribution is -2.40. The molecule has 4 aromatic rings. The van der Waals surface area contributed by atoms with Gasteiger partial charge in [-0.3, -0.25) is 9.89 Å². The molecule has 0 aliphatic carbocycles. The Kier molecular flexibility index (Phi) is 4.61. The second-order valence-electron chi connectivity index (χ2n) is 7.11. The van der Waals surface area contributed by atoms with Crippen LogP contribution in [0, 0.1) is 6.92 Å². The molecule has 1 aliphatic rings. The molecule has 1 aliphatic heterocycles. The van der Waals surface area contributed by atoms with Crippen molar-refractivity contribution < 1.29 is 9.53 Å². The third kappa shape index (κ3) is 3.32. The SMILES string of the molecule is Cc1ccsc1-c1n[nH]c2ncc(-c3cccc(C(=O)N4CCOCC4)c3)cc12. The van der Waals surface area contributed by atoms with E-state index >= 15 is 0 Å². The number of aryl methyl sites for hydroxylation is 1. The number of amides is 1. The van der Waals surface area contributed by atoms with Gasteiger partial charge in [0.15, 0.2) is 5.65 Å². The molecule has 1 fully saturated rings. The molecule has 3 aromatic heterocycles. The zero-order chi connectivity index (χ0) is 19.8. The van der Waals surface area contributed by atoms with Crippen LogP contribution in [0.2, 0.25) is 0 Å². The molecular weight excluding hydrogens is 384 g/mol. The number of aromatic amines is 1. The van der Waals surface area contributed by atoms with Crippen LogP contribution in [0.5, 0.6) is 0 Å². The zero-order valence-electron chi connectivity index (χ0n) is 16.0. The second kappa shape index (κ2) is 7.42. The van der Waals surface area contributed by atoms with Crippen LogP contribution in [-0.2, 0) is 4.74 Å². The molecule has 0 bridgehead atoms. The van der Waals surface area contributed by atoms with Crippen molar-refractivity contribution in [3.8, 4) is 21.7 Å². The van der Waals surface area contributed by atoms with Crippen LogP contribution in [0.3, 0.4) is 0 Å². The third-order valence-electron chi connectivity index (χ3n) is 5.23. The average molecular weight is 404 g/mol. The van der Waals surface area contributed by atoms with E-state index in [0.29, 0.717) is 31.9 Å². The van der Waals surface area contributed by atoms with E-state index in [4.69, 9.17) is 4.74 Å². The number of pyridine rings is 1. The Morgan fingerprint density at radius 1 is 1.17 bits per heavy atom. The lowest BCUT2D eigenvalue weighted by molar-refractivity contribution is 0.0303. The molecule has 0 saturated carbocycles. The molecule has 6 nitrogen and oxygen atoms in total. The predicted molar refractivity (Wildman–Crippen MR) is 114 cm³/mol. The van der Waals surface area contributed by atoms with Crippen molar-refractivity contribution in [2.45, 2.75) is 6.92 Å². The number of aromatic nitrogens is 3. The molecule has 146 valence electrons. The lowest BCUT2D eigenvalue weighted by atomic mass is 10.0. The summed E-state index contributed by atoms with van der Waals surface area (Å²) in [6.07, 6.45) is 1.82. The average Bonchev–Trinajstić information content (AvgIpc) is 3.39. The summed E-state index contributed by atoms with van der Waals surface area (Å²) in [5.41, 5.74) is 5.50. The summed E-state index contributed by atoms with van der Waals surface area (Å²) in [5.74, 6) is 0.0439. The van der Waals surface area contributed by atoms with Crippen LogP contribution in [0.4, 0.5) is 0 Å². The molecule has 5 rings (SSSR count). The highest BCUT2D eigenvalue weighted by Crippen LogP contribution is 2.34. The molecule has 1 saturated heterocycles. The van der Waals surface area contributed by atoms with Crippen LogP contribution in [0.25, 0.3) is 32.7 Å². The standard InChI is InChI=1S/C22H20N4O2S/c1-14-5-10-29-20(14)19-18-12-17(13-23-21(18)25-24-19)15-3-2-4-16(11-15)22(27)26-6-8-28-9-7-26/h2-5,10-13H,6-9H2,1H3,(H,23,24,25). The van der Waals surface area contributed by atoms with Gasteiger partial charge in [0.25, 0.3) is 5.91 Å². The van der Waals surface area contributed by atoms with Gasteiger partial charge in [0, 0.05) is 35.8 Å². The Labute approximate surface area is 172 Å². The Balaban J connectivity index is 1.52. The summed E-state index contributed by atoms with van der Waals surface area (Å²) in [5, 5.41) is 10.6. The van der Waals surface area contributed by atoms with Crippen LogP contribution >= 0.6 is 11.3 Å². The van der Waals surface area contributed by atoms with E-state index < -0.39 is 0 Å². The van der Waals surface area contributed by atoms with Gasteiger partial charge in [-0.05, 0) is 47.7 Å². The largest absolute Gasteiger partial charge is 0.378 e. The number of hydrogen-bond acceptors (Lipinski definition) is 5. The van der Waals surface area contributed by atoms with Crippen LogP contribution in [0.1, 0.15) is 15.9 Å². The van der Waals surface area contributed by atoms with E-state index in [9.17, 15) is 4.79 Å².